The van der Waals surface area contributed by atoms with Crippen LogP contribution in [-0.4, -0.2) is 29.5 Å². The SMILES string of the molecule is Cc1c(Cl)nc2ncnn2c1Sc1nccc(=O)[nH]1. The van der Waals surface area contributed by atoms with Gasteiger partial charge >= 0.3 is 0 Å². The maximum Gasteiger partial charge on any atom is 0.254 e. The second-order valence-electron chi connectivity index (χ2n) is 3.65. The molecule has 3 heterocycles. The molecule has 0 spiro atoms. The van der Waals surface area contributed by atoms with Crippen LogP contribution in [0.25, 0.3) is 5.78 Å². The summed E-state index contributed by atoms with van der Waals surface area (Å²) in [5.74, 6) is 0.399. The summed E-state index contributed by atoms with van der Waals surface area (Å²) >= 11 is 7.30. The zero-order chi connectivity index (χ0) is 13.4. The van der Waals surface area contributed by atoms with Gasteiger partial charge in [0.1, 0.15) is 16.5 Å². The minimum Gasteiger partial charge on any atom is -0.301 e. The number of hydrogen-bond donors (Lipinski definition) is 1. The second kappa shape index (κ2) is 4.63. The van der Waals surface area contributed by atoms with Crippen LogP contribution in [0.5, 0.6) is 0 Å². The molecule has 0 fully saturated rings. The van der Waals surface area contributed by atoms with Crippen LogP contribution in [-0.2, 0) is 0 Å². The number of halogens is 1. The Bertz CT molecular complexity index is 813. The van der Waals surface area contributed by atoms with Crippen LogP contribution in [0.3, 0.4) is 0 Å². The van der Waals surface area contributed by atoms with Crippen LogP contribution in [0.1, 0.15) is 5.56 Å². The third-order valence-corrected chi connectivity index (χ3v) is 3.83. The number of fused-ring (bicyclic) bond motifs is 1. The van der Waals surface area contributed by atoms with Crippen LogP contribution >= 0.6 is 23.4 Å². The van der Waals surface area contributed by atoms with Crippen molar-refractivity contribution in [3.63, 3.8) is 0 Å². The predicted molar refractivity (Wildman–Crippen MR) is 69.5 cm³/mol. The average Bonchev–Trinajstić information content (AvgIpc) is 2.83. The highest BCUT2D eigenvalue weighted by molar-refractivity contribution is 7.99. The Hall–Kier alpha value is -1.93. The summed E-state index contributed by atoms with van der Waals surface area (Å²) in [6, 6.07) is 1.35. The number of aromatic amines is 1. The van der Waals surface area contributed by atoms with E-state index in [0.29, 0.717) is 21.1 Å². The highest BCUT2D eigenvalue weighted by Gasteiger charge is 2.14. The second-order valence-corrected chi connectivity index (χ2v) is 4.98. The van der Waals surface area contributed by atoms with Gasteiger partial charge in [-0.25, -0.2) is 4.98 Å². The maximum absolute atomic E-state index is 11.3. The Balaban J connectivity index is 2.16. The van der Waals surface area contributed by atoms with Crippen LogP contribution in [0.4, 0.5) is 0 Å². The molecule has 3 aromatic rings. The average molecular weight is 295 g/mol. The van der Waals surface area contributed by atoms with Gasteiger partial charge in [0.15, 0.2) is 5.16 Å². The topological polar surface area (TPSA) is 88.8 Å². The van der Waals surface area contributed by atoms with Gasteiger partial charge in [0, 0.05) is 17.8 Å². The molecule has 0 saturated carbocycles. The monoisotopic (exact) mass is 294 g/mol. The molecule has 3 aromatic heterocycles. The third kappa shape index (κ3) is 2.20. The summed E-state index contributed by atoms with van der Waals surface area (Å²) in [5, 5.41) is 5.59. The Labute approximate surface area is 116 Å². The van der Waals surface area contributed by atoms with E-state index in [1.165, 1.54) is 30.4 Å². The molecule has 0 radical (unpaired) electrons. The molecule has 96 valence electrons. The minimum absolute atomic E-state index is 0.217. The van der Waals surface area contributed by atoms with E-state index in [1.54, 1.807) is 4.52 Å². The van der Waals surface area contributed by atoms with Crippen molar-refractivity contribution in [2.75, 3.05) is 0 Å². The fourth-order valence-corrected chi connectivity index (χ4v) is 2.62. The first-order valence-electron chi connectivity index (χ1n) is 5.24. The van der Waals surface area contributed by atoms with Gasteiger partial charge < -0.3 is 4.98 Å². The molecule has 0 aliphatic heterocycles. The van der Waals surface area contributed by atoms with Crippen molar-refractivity contribution in [2.45, 2.75) is 17.1 Å². The molecule has 9 heteroatoms. The Kier molecular flexibility index (Phi) is 2.96. The van der Waals surface area contributed by atoms with Crippen molar-refractivity contribution in [3.8, 4) is 0 Å². The van der Waals surface area contributed by atoms with Crippen LogP contribution < -0.4 is 5.56 Å². The van der Waals surface area contributed by atoms with E-state index in [0.717, 1.165) is 5.56 Å². The lowest BCUT2D eigenvalue weighted by Crippen LogP contribution is -2.06. The number of nitrogens with one attached hydrogen (secondary N) is 1. The summed E-state index contributed by atoms with van der Waals surface area (Å²) in [7, 11) is 0. The van der Waals surface area contributed by atoms with Crippen molar-refractivity contribution in [1.29, 1.82) is 0 Å². The van der Waals surface area contributed by atoms with Gasteiger partial charge in [-0.05, 0) is 18.7 Å². The van der Waals surface area contributed by atoms with Gasteiger partial charge in [-0.2, -0.15) is 19.6 Å². The standard InChI is InChI=1S/C10H7ClN6OS/c1-5-7(11)16-9-13-4-14-17(9)8(5)19-10-12-3-2-6(18)15-10/h2-4H,1H3,(H,12,15,18). The fourth-order valence-electron chi connectivity index (χ4n) is 1.49. The highest BCUT2D eigenvalue weighted by Crippen LogP contribution is 2.29. The van der Waals surface area contributed by atoms with Gasteiger partial charge in [-0.3, -0.25) is 4.79 Å². The molecule has 1 N–H and O–H groups in total. The molecular weight excluding hydrogens is 288 g/mol. The number of aromatic nitrogens is 6. The molecule has 0 atom stereocenters. The van der Waals surface area contributed by atoms with E-state index in [9.17, 15) is 4.79 Å². The lowest BCUT2D eigenvalue weighted by molar-refractivity contribution is 0.819. The zero-order valence-corrected chi connectivity index (χ0v) is 11.2. The largest absolute Gasteiger partial charge is 0.301 e. The first-order valence-corrected chi connectivity index (χ1v) is 6.43. The lowest BCUT2D eigenvalue weighted by Gasteiger charge is -2.07. The van der Waals surface area contributed by atoms with E-state index in [1.807, 2.05) is 6.92 Å². The van der Waals surface area contributed by atoms with E-state index in [-0.39, 0.29) is 5.56 Å². The molecule has 0 saturated heterocycles. The molecule has 0 aliphatic carbocycles. The molecule has 7 nitrogen and oxygen atoms in total. The first kappa shape index (κ1) is 12.1. The van der Waals surface area contributed by atoms with Gasteiger partial charge in [-0.15, -0.1) is 0 Å². The molecular formula is C10H7ClN6OS. The Morgan fingerprint density at radius 3 is 3.05 bits per heavy atom. The van der Waals surface area contributed by atoms with Gasteiger partial charge in [-0.1, -0.05) is 11.6 Å². The van der Waals surface area contributed by atoms with Crippen molar-refractivity contribution in [1.82, 2.24) is 29.5 Å². The Morgan fingerprint density at radius 1 is 1.42 bits per heavy atom. The van der Waals surface area contributed by atoms with Gasteiger partial charge in [0.05, 0.1) is 0 Å². The number of rotatable bonds is 2. The summed E-state index contributed by atoms with van der Waals surface area (Å²) < 4.78 is 1.55. The zero-order valence-electron chi connectivity index (χ0n) is 9.66. The van der Waals surface area contributed by atoms with Gasteiger partial charge in [0.25, 0.3) is 11.3 Å². The number of nitrogens with zero attached hydrogens (tertiary/aromatic N) is 5. The predicted octanol–water partition coefficient (Wildman–Crippen LogP) is 1.32. The quantitative estimate of drug-likeness (QED) is 0.566. The van der Waals surface area contributed by atoms with E-state index < -0.39 is 0 Å². The molecule has 0 aliphatic rings. The normalized spacial score (nSPS) is 11.1. The summed E-state index contributed by atoms with van der Waals surface area (Å²) in [6.07, 6.45) is 2.83. The van der Waals surface area contributed by atoms with Crippen molar-refractivity contribution < 1.29 is 0 Å². The third-order valence-electron chi connectivity index (χ3n) is 2.39. The highest BCUT2D eigenvalue weighted by atomic mass is 35.5. The summed E-state index contributed by atoms with van der Waals surface area (Å²) in [6.45, 7) is 1.82. The van der Waals surface area contributed by atoms with Crippen LogP contribution in [0.2, 0.25) is 5.15 Å². The molecule has 0 unspecified atom stereocenters. The number of H-pyrrole nitrogens is 1. The first-order chi connectivity index (χ1) is 9.15. The van der Waals surface area contributed by atoms with Crippen LogP contribution in [0.15, 0.2) is 33.6 Å². The van der Waals surface area contributed by atoms with Crippen LogP contribution in [0, 0.1) is 6.92 Å². The summed E-state index contributed by atoms with van der Waals surface area (Å²) in [4.78, 5) is 26.1. The molecule has 0 aromatic carbocycles. The summed E-state index contributed by atoms with van der Waals surface area (Å²) in [5.41, 5.74) is 0.529. The molecule has 0 amide bonds. The Morgan fingerprint density at radius 2 is 2.26 bits per heavy atom. The minimum atomic E-state index is -0.217. The van der Waals surface area contributed by atoms with Crippen molar-refractivity contribution >= 4 is 29.1 Å². The van der Waals surface area contributed by atoms with E-state index in [4.69, 9.17) is 11.6 Å². The smallest absolute Gasteiger partial charge is 0.254 e. The fraction of sp³-hybridized carbons (Fsp3) is 0.100. The van der Waals surface area contributed by atoms with E-state index >= 15 is 0 Å². The van der Waals surface area contributed by atoms with E-state index in [2.05, 4.69) is 25.0 Å². The van der Waals surface area contributed by atoms with Crippen molar-refractivity contribution in [3.05, 3.63) is 39.7 Å². The van der Waals surface area contributed by atoms with Gasteiger partial charge in [0.2, 0.25) is 0 Å². The van der Waals surface area contributed by atoms with Crippen molar-refractivity contribution in [2.24, 2.45) is 0 Å². The molecule has 19 heavy (non-hydrogen) atoms. The number of hydrogen-bond acceptors (Lipinski definition) is 6. The lowest BCUT2D eigenvalue weighted by atomic mass is 10.4. The maximum atomic E-state index is 11.3. The molecule has 3 rings (SSSR count). The molecule has 0 bridgehead atoms.